The average molecular weight is 780 g/mol. The van der Waals surface area contributed by atoms with Gasteiger partial charge < -0.3 is 84.6 Å². The predicted molar refractivity (Wildman–Crippen MR) is 181 cm³/mol. The van der Waals surface area contributed by atoms with E-state index in [1.807, 2.05) is 0 Å². The van der Waals surface area contributed by atoms with Crippen molar-refractivity contribution in [2.45, 2.75) is 174 Å². The van der Waals surface area contributed by atoms with E-state index < -0.39 is 135 Å². The molecule has 6 rings (SSSR count). The first kappa shape index (κ1) is 42.2. The van der Waals surface area contributed by atoms with Crippen molar-refractivity contribution in [2.24, 2.45) is 17.8 Å². The first-order chi connectivity index (χ1) is 25.7. The second-order valence-corrected chi connectivity index (χ2v) is 16.1. The van der Waals surface area contributed by atoms with Gasteiger partial charge in [0.2, 0.25) is 0 Å². The quantitative estimate of drug-likeness (QED) is 0.0572. The maximum absolute atomic E-state index is 12.6. The molecular weight excluding hydrogens is 720 g/mol. The molecule has 3 aliphatic heterocycles. The van der Waals surface area contributed by atoms with Crippen molar-refractivity contribution < 1.29 is 89.4 Å². The second-order valence-electron chi connectivity index (χ2n) is 16.1. The molecule has 6 fully saturated rings. The van der Waals surface area contributed by atoms with Crippen LogP contribution in [0.1, 0.15) is 64.2 Å². The molecule has 3 saturated heterocycles. The minimum absolute atomic E-state index is 0.0449. The fourth-order valence-corrected chi connectivity index (χ4v) is 9.06. The molecule has 9 unspecified atom stereocenters. The number of carbonyl (C=O) groups excluding carboxylic acids is 1. The van der Waals surface area contributed by atoms with E-state index in [0.717, 1.165) is 0 Å². The summed E-state index contributed by atoms with van der Waals surface area (Å²) in [4.78, 5) is 12.6. The van der Waals surface area contributed by atoms with Gasteiger partial charge in [-0.15, -0.1) is 0 Å². The Morgan fingerprint density at radius 1 is 0.648 bits per heavy atom. The number of esters is 1. The van der Waals surface area contributed by atoms with Crippen LogP contribution >= 0.6 is 0 Å². The number of allylic oxidation sites excluding steroid dienone is 1. The zero-order valence-corrected chi connectivity index (χ0v) is 30.1. The van der Waals surface area contributed by atoms with Gasteiger partial charge in [-0.3, -0.25) is 0 Å². The van der Waals surface area contributed by atoms with Gasteiger partial charge in [-0.1, -0.05) is 6.08 Å². The van der Waals surface area contributed by atoms with E-state index in [1.54, 1.807) is 6.08 Å². The van der Waals surface area contributed by atoms with Crippen LogP contribution in [0.3, 0.4) is 0 Å². The summed E-state index contributed by atoms with van der Waals surface area (Å²) in [6.07, 6.45) is -13.9. The van der Waals surface area contributed by atoms with Crippen LogP contribution in [-0.4, -0.2) is 190 Å². The normalized spacial score (nSPS) is 50.4. The Morgan fingerprint density at radius 3 is 1.93 bits per heavy atom. The molecule has 0 amide bonds. The van der Waals surface area contributed by atoms with E-state index in [1.165, 1.54) is 6.08 Å². The summed E-state index contributed by atoms with van der Waals surface area (Å²) < 4.78 is 34.6. The number of hydrogen-bond donors (Lipinski definition) is 11. The third-order valence-electron chi connectivity index (χ3n) is 12.3. The van der Waals surface area contributed by atoms with Gasteiger partial charge in [0.25, 0.3) is 0 Å². The Morgan fingerprint density at radius 2 is 1.28 bits per heavy atom. The monoisotopic (exact) mass is 779 g/mol. The van der Waals surface area contributed by atoms with E-state index in [-0.39, 0.29) is 31.1 Å². The zero-order chi connectivity index (χ0) is 38.8. The van der Waals surface area contributed by atoms with Gasteiger partial charge in [0, 0.05) is 24.8 Å². The number of hydrogen-bond acceptors (Lipinski definition) is 17. The van der Waals surface area contributed by atoms with Crippen LogP contribution in [-0.2, 0) is 28.5 Å². The SMILES string of the molecule is O=C(C=CC1CCC(O)C(O)C1)OC[C@H]1O[C@@H](OC2CC3C(O[C@@H]4O[C@H](CO)[C@@H](O)[C@H](O)[C@H]4O)CC(O)CC3[OH+]C2C2CCC(O)CC2)[C@H](O)[C@@H](O)[C@@H]1O. The highest BCUT2D eigenvalue weighted by Crippen LogP contribution is 2.44. The van der Waals surface area contributed by atoms with Crippen molar-refractivity contribution in [1.29, 1.82) is 0 Å². The molecular formula is C36H59O18+. The molecule has 3 aliphatic carbocycles. The fourth-order valence-electron chi connectivity index (χ4n) is 9.06. The molecule has 0 aromatic heterocycles. The molecule has 310 valence electrons. The number of ether oxygens (including phenoxy) is 6. The number of fused-ring (bicyclic) bond motifs is 1. The molecule has 0 radical (unpaired) electrons. The summed E-state index contributed by atoms with van der Waals surface area (Å²) in [6.45, 7) is -1.14. The van der Waals surface area contributed by atoms with Crippen molar-refractivity contribution in [2.75, 3.05) is 13.2 Å². The molecule has 12 N–H and O–H groups in total. The maximum atomic E-state index is 12.6. The molecule has 54 heavy (non-hydrogen) atoms. The van der Waals surface area contributed by atoms with Crippen LogP contribution in [0, 0.1) is 17.8 Å². The molecule has 0 aromatic carbocycles. The smallest absolute Gasteiger partial charge is 0.330 e. The first-order valence-corrected chi connectivity index (χ1v) is 19.3. The first-order valence-electron chi connectivity index (χ1n) is 19.3. The summed E-state index contributed by atoms with van der Waals surface area (Å²) in [5.41, 5.74) is 0. The topological polar surface area (TPSA) is 299 Å². The largest absolute Gasteiger partial charge is 0.460 e. The Labute approximate surface area is 312 Å². The molecule has 3 saturated carbocycles. The fraction of sp³-hybridized carbons (Fsp3) is 0.917. The van der Waals surface area contributed by atoms with Crippen LogP contribution in [0.25, 0.3) is 0 Å². The molecule has 0 spiro atoms. The number of carbonyl (C=O) groups is 1. The number of aliphatic hydroxyl groups is 13. The van der Waals surface area contributed by atoms with Crippen LogP contribution < -0.4 is 0 Å². The number of aliphatic hydroxyl groups excluding tert-OH is 11. The molecule has 0 aromatic rings. The highest BCUT2D eigenvalue weighted by Gasteiger charge is 2.56. The lowest BCUT2D eigenvalue weighted by Crippen LogP contribution is -2.64. The number of rotatable bonds is 10. The molecule has 3 heterocycles. The van der Waals surface area contributed by atoms with Crippen molar-refractivity contribution in [1.82, 2.24) is 0 Å². The van der Waals surface area contributed by atoms with Gasteiger partial charge in [0.1, 0.15) is 61.5 Å². The van der Waals surface area contributed by atoms with Crippen molar-refractivity contribution >= 4 is 5.97 Å². The van der Waals surface area contributed by atoms with Crippen LogP contribution in [0.4, 0.5) is 0 Å². The molecule has 6 aliphatic rings. The van der Waals surface area contributed by atoms with E-state index >= 15 is 0 Å². The third kappa shape index (κ3) is 9.63. The lowest BCUT2D eigenvalue weighted by molar-refractivity contribution is -0.366. The second kappa shape index (κ2) is 18.4. The molecule has 19 atom stereocenters. The zero-order valence-electron chi connectivity index (χ0n) is 30.1. The van der Waals surface area contributed by atoms with E-state index in [4.69, 9.17) is 28.4 Å². The van der Waals surface area contributed by atoms with Crippen molar-refractivity contribution in [3.8, 4) is 0 Å². The van der Waals surface area contributed by atoms with Gasteiger partial charge in [-0.2, -0.15) is 0 Å². The summed E-state index contributed by atoms with van der Waals surface area (Å²) in [7, 11) is 0. The molecule has 18 heteroatoms. The van der Waals surface area contributed by atoms with E-state index in [0.29, 0.717) is 44.9 Å². The minimum Gasteiger partial charge on any atom is -0.460 e. The van der Waals surface area contributed by atoms with Crippen LogP contribution in [0.2, 0.25) is 0 Å². The lowest BCUT2D eigenvalue weighted by atomic mass is 9.73. The average Bonchev–Trinajstić information content (AvgIpc) is 3.15. The summed E-state index contributed by atoms with van der Waals surface area (Å²) in [6, 6.07) is 0. The van der Waals surface area contributed by atoms with Crippen molar-refractivity contribution in [3.63, 3.8) is 0 Å². The Hall–Kier alpha value is -1.43. The van der Waals surface area contributed by atoms with E-state index in [9.17, 15) is 61.0 Å². The standard InChI is InChI=1S/C36H58O18/c37-13-25-28(43)30(45)32(47)35(53-25)51-23-11-18(39)10-22-19(23)12-24(34(50-22)16-3-5-17(38)6-4-16)52-36-33(48)31(46)29(44)26(54-36)14-49-27(42)8-2-15-1-7-20(40)21(41)9-15/h2,8,15-26,28-41,43-48H,1,3-7,9-14H2/p+1/t15?,16?,17?,18?,19?,20?,21?,22?,23?,24?,25-,26-,28-,29-,30+,31+,32-,33-,34?,35-,36-/m1/s1. The highest BCUT2D eigenvalue weighted by atomic mass is 16.7. The van der Waals surface area contributed by atoms with Gasteiger partial charge in [-0.05, 0) is 57.3 Å². The highest BCUT2D eigenvalue weighted by molar-refractivity contribution is 5.81. The van der Waals surface area contributed by atoms with Gasteiger partial charge in [0.15, 0.2) is 24.8 Å². The van der Waals surface area contributed by atoms with Crippen LogP contribution in [0.15, 0.2) is 12.2 Å². The van der Waals surface area contributed by atoms with Gasteiger partial charge in [-0.25, -0.2) is 4.79 Å². The van der Waals surface area contributed by atoms with Gasteiger partial charge >= 0.3 is 5.97 Å². The van der Waals surface area contributed by atoms with Crippen LogP contribution in [0.5, 0.6) is 0 Å². The van der Waals surface area contributed by atoms with Crippen molar-refractivity contribution in [3.05, 3.63) is 12.2 Å². The van der Waals surface area contributed by atoms with E-state index in [2.05, 4.69) is 0 Å². The predicted octanol–water partition coefficient (Wildman–Crippen LogP) is -4.02. The summed E-state index contributed by atoms with van der Waals surface area (Å²) in [5.74, 6) is -1.38. The summed E-state index contributed by atoms with van der Waals surface area (Å²) >= 11 is 0. The molecule has 18 nitrogen and oxygen atoms in total. The Kier molecular flexibility index (Phi) is 14.4. The Balaban J connectivity index is 1.15. The summed E-state index contributed by atoms with van der Waals surface area (Å²) in [5, 5.41) is 114. The maximum Gasteiger partial charge on any atom is 0.330 e. The molecule has 0 bridgehead atoms. The third-order valence-corrected chi connectivity index (χ3v) is 12.3. The van der Waals surface area contributed by atoms with Gasteiger partial charge in [0.05, 0.1) is 43.0 Å². The minimum atomic E-state index is -1.73. The lowest BCUT2D eigenvalue weighted by Gasteiger charge is -2.50. The Bertz CT molecular complexity index is 1230.